The molecule has 1 rings (SSSR count). The van der Waals surface area contributed by atoms with Crippen LogP contribution in [0.4, 0.5) is 11.5 Å². The van der Waals surface area contributed by atoms with Crippen LogP contribution in [0.15, 0.2) is 12.1 Å². The smallest absolute Gasteiger partial charge is 0.267 e. The van der Waals surface area contributed by atoms with Gasteiger partial charge in [-0.15, -0.1) is 0 Å². The van der Waals surface area contributed by atoms with Crippen LogP contribution in [0.25, 0.3) is 0 Å². The Morgan fingerprint density at radius 3 is 2.80 bits per heavy atom. The van der Waals surface area contributed by atoms with Gasteiger partial charge in [0.15, 0.2) is 5.82 Å². The first-order valence-electron chi connectivity index (χ1n) is 4.44. The molecule has 0 unspecified atom stereocenters. The van der Waals surface area contributed by atoms with Gasteiger partial charge in [0.1, 0.15) is 5.69 Å². The van der Waals surface area contributed by atoms with Crippen LogP contribution >= 0.6 is 0 Å². The van der Waals surface area contributed by atoms with E-state index in [0.29, 0.717) is 18.1 Å². The van der Waals surface area contributed by atoms with Crippen molar-refractivity contribution in [2.24, 2.45) is 5.73 Å². The third-order valence-electron chi connectivity index (χ3n) is 1.95. The number of pyridine rings is 1. The van der Waals surface area contributed by atoms with Crippen molar-refractivity contribution in [3.05, 3.63) is 17.8 Å². The van der Waals surface area contributed by atoms with Crippen LogP contribution in [-0.2, 0) is 0 Å². The summed E-state index contributed by atoms with van der Waals surface area (Å²) in [4.78, 5) is 16.6. The number of aromatic nitrogens is 1. The van der Waals surface area contributed by atoms with E-state index in [-0.39, 0.29) is 12.3 Å². The highest BCUT2D eigenvalue weighted by atomic mass is 16.3. The van der Waals surface area contributed by atoms with Crippen molar-refractivity contribution in [3.8, 4) is 0 Å². The molecule has 0 aliphatic heterocycles. The summed E-state index contributed by atoms with van der Waals surface area (Å²) in [6.07, 6.45) is 0. The Morgan fingerprint density at radius 2 is 2.27 bits per heavy atom. The molecule has 0 bridgehead atoms. The molecule has 6 nitrogen and oxygen atoms in total. The van der Waals surface area contributed by atoms with E-state index in [9.17, 15) is 4.79 Å². The Kier molecular flexibility index (Phi) is 3.46. The molecule has 82 valence electrons. The molecule has 1 aromatic rings. The fraction of sp³-hybridized carbons (Fsp3) is 0.333. The van der Waals surface area contributed by atoms with E-state index in [1.54, 1.807) is 18.0 Å². The number of aliphatic hydroxyl groups excluding tert-OH is 1. The summed E-state index contributed by atoms with van der Waals surface area (Å²) in [6, 6.07) is 3.03. The van der Waals surface area contributed by atoms with Crippen LogP contribution in [-0.4, -0.2) is 36.2 Å². The Labute approximate surface area is 87.5 Å². The molecule has 0 spiro atoms. The summed E-state index contributed by atoms with van der Waals surface area (Å²) < 4.78 is 0. The van der Waals surface area contributed by atoms with Gasteiger partial charge < -0.3 is 21.5 Å². The molecular formula is C9H14N4O2. The molecule has 0 atom stereocenters. The van der Waals surface area contributed by atoms with Crippen molar-refractivity contribution < 1.29 is 9.90 Å². The molecule has 1 heterocycles. The Hall–Kier alpha value is -1.82. The first-order chi connectivity index (χ1) is 7.06. The zero-order valence-electron chi connectivity index (χ0n) is 8.47. The van der Waals surface area contributed by atoms with Gasteiger partial charge in [0.2, 0.25) is 0 Å². The third-order valence-corrected chi connectivity index (χ3v) is 1.95. The van der Waals surface area contributed by atoms with Gasteiger partial charge >= 0.3 is 0 Å². The second-order valence-corrected chi connectivity index (χ2v) is 3.12. The minimum Gasteiger partial charge on any atom is -0.396 e. The highest BCUT2D eigenvalue weighted by Crippen LogP contribution is 2.18. The minimum absolute atomic E-state index is 0.0155. The van der Waals surface area contributed by atoms with E-state index in [1.165, 1.54) is 6.07 Å². The molecule has 6 heteroatoms. The maximum atomic E-state index is 10.9. The summed E-state index contributed by atoms with van der Waals surface area (Å²) in [5.41, 5.74) is 11.4. The third kappa shape index (κ3) is 2.57. The molecule has 0 aliphatic carbocycles. The standard InChI is InChI=1S/C9H14N4O2/c1-13(4-5-14)9-6(10)2-3-7(12-9)8(11)15/h2-3,14H,4-5,10H2,1H3,(H2,11,15). The molecule has 1 aromatic heterocycles. The molecule has 0 saturated carbocycles. The Bertz CT molecular complexity index is 367. The van der Waals surface area contributed by atoms with Crippen LogP contribution in [0.1, 0.15) is 10.5 Å². The van der Waals surface area contributed by atoms with E-state index >= 15 is 0 Å². The van der Waals surface area contributed by atoms with Crippen molar-refractivity contribution in [1.82, 2.24) is 4.98 Å². The molecule has 0 aliphatic rings. The maximum Gasteiger partial charge on any atom is 0.267 e. The summed E-state index contributed by atoms with van der Waals surface area (Å²) in [6.45, 7) is 0.373. The fourth-order valence-electron chi connectivity index (χ4n) is 1.16. The first-order valence-corrected chi connectivity index (χ1v) is 4.44. The van der Waals surface area contributed by atoms with Crippen LogP contribution in [0.2, 0.25) is 0 Å². The van der Waals surface area contributed by atoms with Crippen LogP contribution in [0.3, 0.4) is 0 Å². The van der Waals surface area contributed by atoms with Gasteiger partial charge in [-0.2, -0.15) is 0 Å². The first kappa shape index (κ1) is 11.3. The average Bonchev–Trinajstić information content (AvgIpc) is 2.18. The zero-order chi connectivity index (χ0) is 11.4. The maximum absolute atomic E-state index is 10.9. The highest BCUT2D eigenvalue weighted by Gasteiger charge is 2.10. The number of nitrogens with zero attached hydrogens (tertiary/aromatic N) is 2. The number of anilines is 2. The number of carbonyl (C=O) groups is 1. The van der Waals surface area contributed by atoms with Gasteiger partial charge in [-0.1, -0.05) is 0 Å². The highest BCUT2D eigenvalue weighted by molar-refractivity contribution is 5.91. The van der Waals surface area contributed by atoms with Crippen molar-refractivity contribution in [2.45, 2.75) is 0 Å². The van der Waals surface area contributed by atoms with Crippen molar-refractivity contribution in [1.29, 1.82) is 0 Å². The predicted octanol–water partition coefficient (Wildman–Crippen LogP) is -0.809. The molecule has 5 N–H and O–H groups in total. The van der Waals surface area contributed by atoms with Gasteiger partial charge in [0.25, 0.3) is 5.91 Å². The fourth-order valence-corrected chi connectivity index (χ4v) is 1.16. The normalized spacial score (nSPS) is 10.0. The van der Waals surface area contributed by atoms with Gasteiger partial charge in [-0.05, 0) is 12.1 Å². The SMILES string of the molecule is CN(CCO)c1nc(C(N)=O)ccc1N. The second-order valence-electron chi connectivity index (χ2n) is 3.12. The summed E-state index contributed by atoms with van der Waals surface area (Å²) in [7, 11) is 1.72. The second kappa shape index (κ2) is 4.61. The molecule has 0 aromatic carbocycles. The Balaban J connectivity index is 3.04. The molecule has 0 radical (unpaired) electrons. The number of hydrogen-bond donors (Lipinski definition) is 3. The summed E-state index contributed by atoms with van der Waals surface area (Å²) in [5, 5.41) is 8.77. The number of hydrogen-bond acceptors (Lipinski definition) is 5. The number of aliphatic hydroxyl groups is 1. The van der Waals surface area contributed by atoms with Gasteiger partial charge in [0, 0.05) is 13.6 Å². The number of nitrogens with two attached hydrogens (primary N) is 2. The van der Waals surface area contributed by atoms with E-state index in [2.05, 4.69) is 4.98 Å². The molecular weight excluding hydrogens is 196 g/mol. The van der Waals surface area contributed by atoms with Crippen LogP contribution in [0.5, 0.6) is 0 Å². The van der Waals surface area contributed by atoms with E-state index in [1.807, 2.05) is 0 Å². The number of amides is 1. The summed E-state index contributed by atoms with van der Waals surface area (Å²) >= 11 is 0. The lowest BCUT2D eigenvalue weighted by atomic mass is 10.3. The van der Waals surface area contributed by atoms with Crippen molar-refractivity contribution in [2.75, 3.05) is 30.8 Å². The molecule has 15 heavy (non-hydrogen) atoms. The van der Waals surface area contributed by atoms with Gasteiger partial charge in [0.05, 0.1) is 12.3 Å². The number of nitrogen functional groups attached to an aromatic ring is 1. The van der Waals surface area contributed by atoms with Crippen molar-refractivity contribution >= 4 is 17.4 Å². The number of likely N-dealkylation sites (N-methyl/N-ethyl adjacent to an activating group) is 1. The van der Waals surface area contributed by atoms with Gasteiger partial charge in [-0.25, -0.2) is 4.98 Å². The monoisotopic (exact) mass is 210 g/mol. The molecule has 0 fully saturated rings. The largest absolute Gasteiger partial charge is 0.396 e. The topological polar surface area (TPSA) is 105 Å². The van der Waals surface area contributed by atoms with E-state index in [4.69, 9.17) is 16.6 Å². The average molecular weight is 210 g/mol. The molecule has 1 amide bonds. The van der Waals surface area contributed by atoms with Crippen LogP contribution in [0, 0.1) is 0 Å². The number of primary amides is 1. The lowest BCUT2D eigenvalue weighted by molar-refractivity contribution is 0.0995. The zero-order valence-corrected chi connectivity index (χ0v) is 8.47. The lowest BCUT2D eigenvalue weighted by Crippen LogP contribution is -2.25. The minimum atomic E-state index is -0.603. The van der Waals surface area contributed by atoms with Crippen molar-refractivity contribution in [3.63, 3.8) is 0 Å². The number of carbonyl (C=O) groups excluding carboxylic acids is 1. The number of rotatable bonds is 4. The van der Waals surface area contributed by atoms with Gasteiger partial charge in [-0.3, -0.25) is 4.79 Å². The lowest BCUT2D eigenvalue weighted by Gasteiger charge is -2.18. The quantitative estimate of drug-likeness (QED) is 0.602. The molecule has 0 saturated heterocycles. The van der Waals surface area contributed by atoms with Crippen LogP contribution < -0.4 is 16.4 Å². The van der Waals surface area contributed by atoms with E-state index < -0.39 is 5.91 Å². The van der Waals surface area contributed by atoms with E-state index in [0.717, 1.165) is 0 Å². The predicted molar refractivity (Wildman–Crippen MR) is 57.5 cm³/mol. The Morgan fingerprint density at radius 1 is 1.60 bits per heavy atom. The summed E-state index contributed by atoms with van der Waals surface area (Å²) in [5.74, 6) is -0.158.